The van der Waals surface area contributed by atoms with Crippen LogP contribution in [-0.2, 0) is 6.54 Å². The minimum absolute atomic E-state index is 0.239. The molecule has 0 radical (unpaired) electrons. The van der Waals surface area contributed by atoms with Crippen LogP contribution in [0.1, 0.15) is 25.0 Å². The summed E-state index contributed by atoms with van der Waals surface area (Å²) >= 11 is 0. The van der Waals surface area contributed by atoms with E-state index in [9.17, 15) is 5.11 Å². The monoisotopic (exact) mass is 248 g/mol. The molecule has 1 atom stereocenters. The lowest BCUT2D eigenvalue weighted by molar-refractivity contribution is 0.123. The SMILES string of the molecule is COc1ccc(CNCC(O)C(C)C)cc1C#N. The third kappa shape index (κ3) is 4.02. The molecule has 1 unspecified atom stereocenters. The second kappa shape index (κ2) is 7.00. The molecular weight excluding hydrogens is 228 g/mol. The molecule has 0 heterocycles. The van der Waals surface area contributed by atoms with Gasteiger partial charge in [0.15, 0.2) is 0 Å². The van der Waals surface area contributed by atoms with Crippen LogP contribution in [0.4, 0.5) is 0 Å². The van der Waals surface area contributed by atoms with Crippen LogP contribution >= 0.6 is 0 Å². The second-order valence-electron chi connectivity index (χ2n) is 4.59. The Morgan fingerprint density at radius 3 is 2.72 bits per heavy atom. The molecule has 0 spiro atoms. The Balaban J connectivity index is 2.56. The fourth-order valence-corrected chi connectivity index (χ4v) is 1.55. The number of hydrogen-bond donors (Lipinski definition) is 2. The van der Waals surface area contributed by atoms with Gasteiger partial charge in [-0.1, -0.05) is 19.9 Å². The largest absolute Gasteiger partial charge is 0.495 e. The highest BCUT2D eigenvalue weighted by Crippen LogP contribution is 2.18. The minimum atomic E-state index is -0.348. The van der Waals surface area contributed by atoms with Gasteiger partial charge in [-0.15, -0.1) is 0 Å². The lowest BCUT2D eigenvalue weighted by atomic mass is 10.1. The van der Waals surface area contributed by atoms with Gasteiger partial charge in [0.25, 0.3) is 0 Å². The number of nitriles is 1. The van der Waals surface area contributed by atoms with E-state index in [2.05, 4.69) is 11.4 Å². The maximum Gasteiger partial charge on any atom is 0.136 e. The van der Waals surface area contributed by atoms with Crippen molar-refractivity contribution in [1.29, 1.82) is 5.26 Å². The lowest BCUT2D eigenvalue weighted by Gasteiger charge is -2.15. The summed E-state index contributed by atoms with van der Waals surface area (Å²) in [6.07, 6.45) is -0.348. The van der Waals surface area contributed by atoms with Crippen LogP contribution in [0.15, 0.2) is 18.2 Å². The third-order valence-electron chi connectivity index (χ3n) is 2.84. The van der Waals surface area contributed by atoms with E-state index in [1.807, 2.05) is 19.9 Å². The number of nitrogens with one attached hydrogen (secondary N) is 1. The normalized spacial score (nSPS) is 12.2. The molecule has 0 fully saturated rings. The van der Waals surface area contributed by atoms with Crippen molar-refractivity contribution < 1.29 is 9.84 Å². The van der Waals surface area contributed by atoms with Gasteiger partial charge < -0.3 is 15.2 Å². The molecule has 0 saturated heterocycles. The number of rotatable bonds is 6. The molecule has 1 aromatic carbocycles. The average molecular weight is 248 g/mol. The summed E-state index contributed by atoms with van der Waals surface area (Å²) in [6.45, 7) is 5.13. The molecule has 98 valence electrons. The summed E-state index contributed by atoms with van der Waals surface area (Å²) in [6, 6.07) is 7.60. The fraction of sp³-hybridized carbons (Fsp3) is 0.500. The molecular formula is C14H20N2O2. The zero-order chi connectivity index (χ0) is 13.5. The lowest BCUT2D eigenvalue weighted by Crippen LogP contribution is -2.30. The van der Waals surface area contributed by atoms with Crippen molar-refractivity contribution in [2.45, 2.75) is 26.5 Å². The first-order chi connectivity index (χ1) is 8.58. The van der Waals surface area contributed by atoms with E-state index in [-0.39, 0.29) is 12.0 Å². The van der Waals surface area contributed by atoms with Crippen LogP contribution in [0.5, 0.6) is 5.75 Å². The number of methoxy groups -OCH3 is 1. The first-order valence-electron chi connectivity index (χ1n) is 6.04. The summed E-state index contributed by atoms with van der Waals surface area (Å²) < 4.78 is 5.08. The van der Waals surface area contributed by atoms with Gasteiger partial charge in [-0.25, -0.2) is 0 Å². The zero-order valence-electron chi connectivity index (χ0n) is 11.1. The topological polar surface area (TPSA) is 65.3 Å². The molecule has 0 aliphatic heterocycles. The Labute approximate surface area is 108 Å². The molecule has 2 N–H and O–H groups in total. The number of hydrogen-bond acceptors (Lipinski definition) is 4. The van der Waals surface area contributed by atoms with Crippen molar-refractivity contribution in [3.05, 3.63) is 29.3 Å². The minimum Gasteiger partial charge on any atom is -0.495 e. The molecule has 0 aliphatic carbocycles. The van der Waals surface area contributed by atoms with Gasteiger partial charge in [0.1, 0.15) is 11.8 Å². The summed E-state index contributed by atoms with van der Waals surface area (Å²) in [4.78, 5) is 0. The Hall–Kier alpha value is -1.57. The standard InChI is InChI=1S/C14H20N2O2/c1-10(2)13(17)9-16-8-11-4-5-14(18-3)12(6-11)7-15/h4-6,10,13,16-17H,8-9H2,1-3H3. The molecule has 0 bridgehead atoms. The number of nitrogens with zero attached hydrogens (tertiary/aromatic N) is 1. The van der Waals surface area contributed by atoms with Crippen LogP contribution in [0, 0.1) is 17.2 Å². The van der Waals surface area contributed by atoms with E-state index >= 15 is 0 Å². The molecule has 4 heteroatoms. The van der Waals surface area contributed by atoms with Crippen LogP contribution in [0.2, 0.25) is 0 Å². The molecule has 0 aliphatic rings. The molecule has 18 heavy (non-hydrogen) atoms. The summed E-state index contributed by atoms with van der Waals surface area (Å²) in [5.74, 6) is 0.825. The van der Waals surface area contributed by atoms with Gasteiger partial charge in [-0.05, 0) is 23.6 Å². The van der Waals surface area contributed by atoms with Gasteiger partial charge >= 0.3 is 0 Å². The summed E-state index contributed by atoms with van der Waals surface area (Å²) in [5.41, 5.74) is 1.53. The summed E-state index contributed by atoms with van der Waals surface area (Å²) in [7, 11) is 1.55. The first-order valence-corrected chi connectivity index (χ1v) is 6.04. The van der Waals surface area contributed by atoms with Crippen LogP contribution < -0.4 is 10.1 Å². The fourth-order valence-electron chi connectivity index (χ4n) is 1.55. The smallest absolute Gasteiger partial charge is 0.136 e. The van der Waals surface area contributed by atoms with Crippen LogP contribution in [-0.4, -0.2) is 24.9 Å². The Kier molecular flexibility index (Phi) is 5.63. The number of aliphatic hydroxyl groups excluding tert-OH is 1. The van der Waals surface area contributed by atoms with E-state index in [1.165, 1.54) is 0 Å². The van der Waals surface area contributed by atoms with Gasteiger partial charge in [0.2, 0.25) is 0 Å². The number of benzene rings is 1. The van der Waals surface area contributed by atoms with E-state index in [1.54, 1.807) is 19.2 Å². The van der Waals surface area contributed by atoms with Crippen molar-refractivity contribution in [2.75, 3.05) is 13.7 Å². The van der Waals surface area contributed by atoms with E-state index in [0.29, 0.717) is 24.4 Å². The number of aliphatic hydroxyl groups is 1. The maximum atomic E-state index is 9.65. The van der Waals surface area contributed by atoms with E-state index < -0.39 is 0 Å². The Morgan fingerprint density at radius 2 is 2.17 bits per heavy atom. The Morgan fingerprint density at radius 1 is 1.44 bits per heavy atom. The zero-order valence-corrected chi connectivity index (χ0v) is 11.1. The highest BCUT2D eigenvalue weighted by Gasteiger charge is 2.08. The highest BCUT2D eigenvalue weighted by atomic mass is 16.5. The van der Waals surface area contributed by atoms with Crippen molar-refractivity contribution in [3.8, 4) is 11.8 Å². The molecule has 0 amide bonds. The van der Waals surface area contributed by atoms with Gasteiger partial charge in [-0.2, -0.15) is 5.26 Å². The van der Waals surface area contributed by atoms with E-state index in [4.69, 9.17) is 10.00 Å². The highest BCUT2D eigenvalue weighted by molar-refractivity contribution is 5.45. The average Bonchev–Trinajstić information content (AvgIpc) is 2.38. The van der Waals surface area contributed by atoms with Gasteiger partial charge in [0, 0.05) is 13.1 Å². The molecule has 0 aromatic heterocycles. The van der Waals surface area contributed by atoms with E-state index in [0.717, 1.165) is 5.56 Å². The first kappa shape index (κ1) is 14.5. The number of ether oxygens (including phenoxy) is 1. The Bertz CT molecular complexity index is 424. The maximum absolute atomic E-state index is 9.65. The second-order valence-corrected chi connectivity index (χ2v) is 4.59. The third-order valence-corrected chi connectivity index (χ3v) is 2.84. The summed E-state index contributed by atoms with van der Waals surface area (Å²) in [5, 5.41) is 21.8. The molecule has 1 aromatic rings. The van der Waals surface area contributed by atoms with Crippen LogP contribution in [0.25, 0.3) is 0 Å². The van der Waals surface area contributed by atoms with Crippen molar-refractivity contribution in [3.63, 3.8) is 0 Å². The van der Waals surface area contributed by atoms with Crippen molar-refractivity contribution in [1.82, 2.24) is 5.32 Å². The van der Waals surface area contributed by atoms with Crippen molar-refractivity contribution in [2.24, 2.45) is 5.92 Å². The quantitative estimate of drug-likeness (QED) is 0.803. The predicted molar refractivity (Wildman–Crippen MR) is 70.3 cm³/mol. The molecule has 1 rings (SSSR count). The predicted octanol–water partition coefficient (Wildman–Crippen LogP) is 1.67. The van der Waals surface area contributed by atoms with Crippen molar-refractivity contribution >= 4 is 0 Å². The van der Waals surface area contributed by atoms with Gasteiger partial charge in [-0.3, -0.25) is 0 Å². The molecule has 0 saturated carbocycles. The molecule has 4 nitrogen and oxygen atoms in total. The van der Waals surface area contributed by atoms with Gasteiger partial charge in [0.05, 0.1) is 18.8 Å². The van der Waals surface area contributed by atoms with Crippen LogP contribution in [0.3, 0.4) is 0 Å².